The van der Waals surface area contributed by atoms with Gasteiger partial charge in [0, 0.05) is 44.4 Å². The first-order valence-electron chi connectivity index (χ1n) is 10.5. The Hall–Kier alpha value is -2.63. The third kappa shape index (κ3) is 7.72. The second-order valence-electron chi connectivity index (χ2n) is 7.35. The quantitative estimate of drug-likeness (QED) is 0.546. The van der Waals surface area contributed by atoms with Crippen LogP contribution in [0.4, 0.5) is 0 Å². The second kappa shape index (κ2) is 12.0. The summed E-state index contributed by atoms with van der Waals surface area (Å²) in [5, 5.41) is 2.92. The van der Waals surface area contributed by atoms with Gasteiger partial charge >= 0.3 is 0 Å². The number of carbonyl (C=O) groups excluding carboxylic acids is 2. The van der Waals surface area contributed by atoms with Crippen molar-refractivity contribution < 1.29 is 14.0 Å². The molecule has 0 spiro atoms. The Bertz CT molecular complexity index is 771. The molecule has 0 aliphatic heterocycles. The molecule has 0 aliphatic carbocycles. The van der Waals surface area contributed by atoms with E-state index in [1.807, 2.05) is 25.1 Å². The molecule has 0 unspecified atom stereocenters. The van der Waals surface area contributed by atoms with Crippen LogP contribution in [0.1, 0.15) is 66.6 Å². The van der Waals surface area contributed by atoms with Crippen LogP contribution >= 0.6 is 0 Å². The van der Waals surface area contributed by atoms with Gasteiger partial charge in [0.1, 0.15) is 11.5 Å². The molecule has 0 bridgehead atoms. The summed E-state index contributed by atoms with van der Waals surface area (Å²) in [5.74, 6) is 1.25. The lowest BCUT2D eigenvalue weighted by Gasteiger charge is -2.22. The SMILES string of the molecule is CCCCCCN(CCC(=O)NCCc1ccccn1)C(=O)c1cc(C)oc1C. The lowest BCUT2D eigenvalue weighted by atomic mass is 10.1. The Kier molecular flexibility index (Phi) is 9.41. The first kappa shape index (κ1) is 22.7. The van der Waals surface area contributed by atoms with E-state index in [0.29, 0.717) is 37.4 Å². The molecular weight excluding hydrogens is 366 g/mol. The summed E-state index contributed by atoms with van der Waals surface area (Å²) in [4.78, 5) is 31.3. The van der Waals surface area contributed by atoms with Gasteiger partial charge in [-0.2, -0.15) is 0 Å². The van der Waals surface area contributed by atoms with Gasteiger partial charge in [-0.25, -0.2) is 0 Å². The van der Waals surface area contributed by atoms with Crippen LogP contribution in [0.25, 0.3) is 0 Å². The number of unbranched alkanes of at least 4 members (excludes halogenated alkanes) is 3. The van der Waals surface area contributed by atoms with E-state index < -0.39 is 0 Å². The van der Waals surface area contributed by atoms with Crippen LogP contribution in [0.3, 0.4) is 0 Å². The van der Waals surface area contributed by atoms with Crippen molar-refractivity contribution in [2.45, 2.75) is 59.3 Å². The lowest BCUT2D eigenvalue weighted by Crippen LogP contribution is -2.36. The molecule has 158 valence electrons. The Balaban J connectivity index is 1.86. The molecule has 2 aromatic heterocycles. The molecule has 0 aromatic carbocycles. The summed E-state index contributed by atoms with van der Waals surface area (Å²) in [7, 11) is 0. The highest BCUT2D eigenvalue weighted by Gasteiger charge is 2.21. The van der Waals surface area contributed by atoms with Gasteiger partial charge in [-0.3, -0.25) is 14.6 Å². The molecular formula is C23H33N3O3. The Morgan fingerprint density at radius 2 is 1.97 bits per heavy atom. The zero-order valence-corrected chi connectivity index (χ0v) is 17.9. The first-order chi connectivity index (χ1) is 14.0. The molecule has 0 saturated heterocycles. The van der Waals surface area contributed by atoms with Gasteiger partial charge in [0.2, 0.25) is 5.91 Å². The molecule has 2 heterocycles. The van der Waals surface area contributed by atoms with Crippen molar-refractivity contribution in [3.8, 4) is 0 Å². The van der Waals surface area contributed by atoms with E-state index in [4.69, 9.17) is 4.42 Å². The monoisotopic (exact) mass is 399 g/mol. The number of nitrogens with zero attached hydrogens (tertiary/aromatic N) is 2. The van der Waals surface area contributed by atoms with E-state index in [2.05, 4.69) is 17.2 Å². The van der Waals surface area contributed by atoms with Crippen molar-refractivity contribution in [2.75, 3.05) is 19.6 Å². The highest BCUT2D eigenvalue weighted by molar-refractivity contribution is 5.95. The van der Waals surface area contributed by atoms with E-state index in [1.165, 1.54) is 0 Å². The summed E-state index contributed by atoms with van der Waals surface area (Å²) in [6.07, 6.45) is 7.05. The molecule has 29 heavy (non-hydrogen) atoms. The van der Waals surface area contributed by atoms with Crippen molar-refractivity contribution in [1.29, 1.82) is 0 Å². The molecule has 2 aromatic rings. The fourth-order valence-electron chi connectivity index (χ4n) is 3.26. The van der Waals surface area contributed by atoms with Crippen LogP contribution in [0, 0.1) is 13.8 Å². The fraction of sp³-hybridized carbons (Fsp3) is 0.522. The third-order valence-corrected chi connectivity index (χ3v) is 4.88. The largest absolute Gasteiger partial charge is 0.466 e. The number of furan rings is 1. The minimum atomic E-state index is -0.0582. The molecule has 6 nitrogen and oxygen atoms in total. The Morgan fingerprint density at radius 3 is 2.62 bits per heavy atom. The van der Waals surface area contributed by atoms with Crippen LogP contribution in [0.5, 0.6) is 0 Å². The zero-order chi connectivity index (χ0) is 21.1. The highest BCUT2D eigenvalue weighted by atomic mass is 16.3. The van der Waals surface area contributed by atoms with E-state index in [1.54, 1.807) is 24.1 Å². The molecule has 6 heteroatoms. The smallest absolute Gasteiger partial charge is 0.257 e. The highest BCUT2D eigenvalue weighted by Crippen LogP contribution is 2.17. The number of aryl methyl sites for hydroxylation is 2. The molecule has 2 rings (SSSR count). The van der Waals surface area contributed by atoms with Crippen molar-refractivity contribution in [3.05, 3.63) is 53.2 Å². The van der Waals surface area contributed by atoms with Crippen LogP contribution in [-0.2, 0) is 11.2 Å². The van der Waals surface area contributed by atoms with E-state index in [-0.39, 0.29) is 18.2 Å². The first-order valence-corrected chi connectivity index (χ1v) is 10.5. The minimum absolute atomic E-state index is 0.0487. The van der Waals surface area contributed by atoms with Gasteiger partial charge in [0.15, 0.2) is 0 Å². The van der Waals surface area contributed by atoms with Gasteiger partial charge in [-0.05, 0) is 38.5 Å². The van der Waals surface area contributed by atoms with Crippen LogP contribution < -0.4 is 5.32 Å². The average Bonchev–Trinajstić information content (AvgIpc) is 3.05. The minimum Gasteiger partial charge on any atom is -0.466 e. The number of nitrogens with one attached hydrogen (secondary N) is 1. The molecule has 0 aliphatic rings. The molecule has 1 N–H and O–H groups in total. The third-order valence-electron chi connectivity index (χ3n) is 4.88. The Labute approximate surface area is 173 Å². The number of amides is 2. The molecule has 0 atom stereocenters. The van der Waals surface area contributed by atoms with Crippen molar-refractivity contribution in [2.24, 2.45) is 0 Å². The fourth-order valence-corrected chi connectivity index (χ4v) is 3.26. The summed E-state index contributed by atoms with van der Waals surface area (Å²) in [6.45, 7) is 7.41. The molecule has 0 fully saturated rings. The molecule has 0 radical (unpaired) electrons. The Morgan fingerprint density at radius 1 is 1.14 bits per heavy atom. The molecule has 0 saturated carbocycles. The number of aromatic nitrogens is 1. The number of pyridine rings is 1. The van der Waals surface area contributed by atoms with Gasteiger partial charge in [0.05, 0.1) is 5.56 Å². The topological polar surface area (TPSA) is 75.4 Å². The summed E-state index contributed by atoms with van der Waals surface area (Å²) >= 11 is 0. The van der Waals surface area contributed by atoms with E-state index in [0.717, 1.165) is 37.1 Å². The summed E-state index contributed by atoms with van der Waals surface area (Å²) < 4.78 is 5.52. The number of rotatable bonds is 12. The molecule has 2 amide bonds. The predicted octanol–water partition coefficient (Wildman–Crippen LogP) is 4.06. The van der Waals surface area contributed by atoms with Crippen LogP contribution in [0.15, 0.2) is 34.9 Å². The number of hydrogen-bond donors (Lipinski definition) is 1. The van der Waals surface area contributed by atoms with E-state index >= 15 is 0 Å². The normalized spacial score (nSPS) is 10.7. The van der Waals surface area contributed by atoms with Gasteiger partial charge < -0.3 is 14.6 Å². The summed E-state index contributed by atoms with van der Waals surface area (Å²) in [6, 6.07) is 7.53. The number of carbonyl (C=O) groups is 2. The standard InChI is InChI=1S/C23H33N3O3/c1-4-5-6-9-15-26(23(28)21-17-18(2)29-19(21)3)16-12-22(27)25-14-11-20-10-7-8-13-24-20/h7-8,10,13,17H,4-6,9,11-12,14-16H2,1-3H3,(H,25,27). The number of hydrogen-bond acceptors (Lipinski definition) is 4. The lowest BCUT2D eigenvalue weighted by molar-refractivity contribution is -0.121. The summed E-state index contributed by atoms with van der Waals surface area (Å²) in [5.41, 5.74) is 1.54. The maximum Gasteiger partial charge on any atom is 0.257 e. The van der Waals surface area contributed by atoms with Crippen LogP contribution in [0.2, 0.25) is 0 Å². The van der Waals surface area contributed by atoms with Crippen molar-refractivity contribution >= 4 is 11.8 Å². The van der Waals surface area contributed by atoms with Crippen LogP contribution in [-0.4, -0.2) is 41.3 Å². The van der Waals surface area contributed by atoms with Gasteiger partial charge in [-0.1, -0.05) is 32.3 Å². The van der Waals surface area contributed by atoms with Crippen molar-refractivity contribution in [1.82, 2.24) is 15.2 Å². The van der Waals surface area contributed by atoms with Gasteiger partial charge in [0.25, 0.3) is 5.91 Å². The van der Waals surface area contributed by atoms with E-state index in [9.17, 15) is 9.59 Å². The van der Waals surface area contributed by atoms with Crippen molar-refractivity contribution in [3.63, 3.8) is 0 Å². The second-order valence-corrected chi connectivity index (χ2v) is 7.35. The zero-order valence-electron chi connectivity index (χ0n) is 17.9. The predicted molar refractivity (Wildman–Crippen MR) is 114 cm³/mol. The van der Waals surface area contributed by atoms with Gasteiger partial charge in [-0.15, -0.1) is 0 Å². The maximum absolute atomic E-state index is 13.0. The maximum atomic E-state index is 13.0. The average molecular weight is 400 g/mol.